The number of phenols is 1. The lowest BCUT2D eigenvalue weighted by atomic mass is 9.49. The molecule has 0 spiro atoms. The van der Waals surface area contributed by atoms with Gasteiger partial charge in [0.05, 0.1) is 0 Å². The molecule has 0 unspecified atom stereocenters. The molecule has 1 N–H and O–H groups in total. The van der Waals surface area contributed by atoms with Gasteiger partial charge in [-0.25, -0.2) is 0 Å². The van der Waals surface area contributed by atoms with Gasteiger partial charge >= 0.3 is 0 Å². The molecular weight excluding hydrogens is 534 g/mol. The van der Waals surface area contributed by atoms with Crippen molar-refractivity contribution >= 4 is 11.7 Å². The SMILES string of the molecule is CN(CC12CC3CC(CC(C3)C1)C2)C(=O)c1ccc(N2CCN(Cc3ccccc3C#Cc3cccc(O)c3)CC2)nn1. The van der Waals surface area contributed by atoms with Gasteiger partial charge in [-0.15, -0.1) is 10.2 Å². The lowest BCUT2D eigenvalue weighted by molar-refractivity contribution is -0.0629. The summed E-state index contributed by atoms with van der Waals surface area (Å²) >= 11 is 0. The predicted molar refractivity (Wildman–Crippen MR) is 168 cm³/mol. The van der Waals surface area contributed by atoms with Gasteiger partial charge in [0.1, 0.15) is 5.75 Å². The number of hydrogen-bond donors (Lipinski definition) is 1. The maximum atomic E-state index is 13.3. The van der Waals surface area contributed by atoms with Crippen molar-refractivity contribution < 1.29 is 9.90 Å². The molecule has 0 atom stereocenters. The Morgan fingerprint density at radius 1 is 0.907 bits per heavy atom. The van der Waals surface area contributed by atoms with Crippen LogP contribution in [-0.4, -0.2) is 70.8 Å². The van der Waals surface area contributed by atoms with Crippen LogP contribution in [0.2, 0.25) is 0 Å². The van der Waals surface area contributed by atoms with Crippen LogP contribution in [-0.2, 0) is 6.54 Å². The van der Waals surface area contributed by atoms with Crippen molar-refractivity contribution in [2.75, 3.05) is 44.7 Å². The number of nitrogens with zero attached hydrogens (tertiary/aromatic N) is 5. The highest BCUT2D eigenvalue weighted by molar-refractivity contribution is 5.92. The van der Waals surface area contributed by atoms with Gasteiger partial charge in [0.25, 0.3) is 5.91 Å². The zero-order chi connectivity index (χ0) is 29.4. The number of piperazine rings is 1. The number of rotatable bonds is 6. The second-order valence-corrected chi connectivity index (χ2v) is 13.6. The minimum absolute atomic E-state index is 0.00885. The molecule has 4 aliphatic carbocycles. The molecule has 4 saturated carbocycles. The Labute approximate surface area is 254 Å². The van der Waals surface area contributed by atoms with Crippen molar-refractivity contribution in [1.82, 2.24) is 20.0 Å². The minimum atomic E-state index is -0.00885. The Morgan fingerprint density at radius 3 is 2.30 bits per heavy atom. The van der Waals surface area contributed by atoms with Crippen LogP contribution in [0.5, 0.6) is 5.75 Å². The monoisotopic (exact) mass is 575 g/mol. The Bertz CT molecular complexity index is 1500. The molecule has 222 valence electrons. The Balaban J connectivity index is 0.933. The maximum absolute atomic E-state index is 13.3. The van der Waals surface area contributed by atoms with E-state index in [9.17, 15) is 9.90 Å². The largest absolute Gasteiger partial charge is 0.508 e. The molecule has 1 amide bonds. The number of aromatic nitrogens is 2. The molecule has 8 rings (SSSR count). The predicted octanol–water partition coefficient (Wildman–Crippen LogP) is 5.19. The van der Waals surface area contributed by atoms with E-state index in [2.05, 4.69) is 50.0 Å². The molecule has 1 aromatic heterocycles. The van der Waals surface area contributed by atoms with Gasteiger partial charge in [0.15, 0.2) is 11.5 Å². The molecule has 1 saturated heterocycles. The second-order valence-electron chi connectivity index (χ2n) is 13.6. The molecule has 5 aliphatic rings. The number of hydrogen-bond acceptors (Lipinski definition) is 6. The fraction of sp³-hybridized carbons (Fsp3) is 0.472. The summed E-state index contributed by atoms with van der Waals surface area (Å²) in [7, 11) is 1.95. The average molecular weight is 576 g/mol. The van der Waals surface area contributed by atoms with Crippen LogP contribution in [0.4, 0.5) is 5.82 Å². The van der Waals surface area contributed by atoms with E-state index in [1.165, 1.54) is 44.1 Å². The normalized spacial score (nSPS) is 26.2. The molecular formula is C36H41N5O2. The van der Waals surface area contributed by atoms with Crippen LogP contribution in [0.3, 0.4) is 0 Å². The van der Waals surface area contributed by atoms with Gasteiger partial charge in [0.2, 0.25) is 0 Å². The maximum Gasteiger partial charge on any atom is 0.274 e. The molecule has 43 heavy (non-hydrogen) atoms. The Morgan fingerprint density at radius 2 is 1.63 bits per heavy atom. The van der Waals surface area contributed by atoms with Crippen molar-refractivity contribution in [2.45, 2.75) is 45.1 Å². The van der Waals surface area contributed by atoms with Crippen LogP contribution in [0.1, 0.15) is 65.7 Å². The zero-order valence-corrected chi connectivity index (χ0v) is 25.1. The fourth-order valence-electron chi connectivity index (χ4n) is 8.74. The van der Waals surface area contributed by atoms with Gasteiger partial charge in [-0.1, -0.05) is 36.1 Å². The number of aromatic hydroxyl groups is 1. The van der Waals surface area contributed by atoms with E-state index in [4.69, 9.17) is 0 Å². The first kappa shape index (κ1) is 27.9. The number of amides is 1. The third-order valence-electron chi connectivity index (χ3n) is 10.2. The molecule has 7 heteroatoms. The summed E-state index contributed by atoms with van der Waals surface area (Å²) < 4.78 is 0. The van der Waals surface area contributed by atoms with Crippen LogP contribution in [0.25, 0.3) is 0 Å². The third-order valence-corrected chi connectivity index (χ3v) is 10.2. The van der Waals surface area contributed by atoms with E-state index in [0.29, 0.717) is 11.1 Å². The van der Waals surface area contributed by atoms with Crippen LogP contribution < -0.4 is 4.90 Å². The molecule has 2 heterocycles. The highest BCUT2D eigenvalue weighted by atomic mass is 16.3. The number of benzene rings is 2. The smallest absolute Gasteiger partial charge is 0.274 e. The molecule has 3 aromatic rings. The van der Waals surface area contributed by atoms with Crippen molar-refractivity contribution in [1.29, 1.82) is 0 Å². The Hall–Kier alpha value is -3.89. The summed E-state index contributed by atoms with van der Waals surface area (Å²) in [6.45, 7) is 5.20. The zero-order valence-electron chi connectivity index (χ0n) is 25.1. The van der Waals surface area contributed by atoms with Crippen LogP contribution in [0, 0.1) is 35.0 Å². The molecule has 4 bridgehead atoms. The molecule has 5 fully saturated rings. The molecule has 1 aliphatic heterocycles. The summed E-state index contributed by atoms with van der Waals surface area (Å²) in [5.74, 6) is 10.2. The topological polar surface area (TPSA) is 72.8 Å². The van der Waals surface area contributed by atoms with Crippen molar-refractivity contribution in [3.63, 3.8) is 0 Å². The summed E-state index contributed by atoms with van der Waals surface area (Å²) in [5.41, 5.74) is 3.77. The van der Waals surface area contributed by atoms with Gasteiger partial charge < -0.3 is 14.9 Å². The van der Waals surface area contributed by atoms with E-state index in [-0.39, 0.29) is 11.7 Å². The van der Waals surface area contributed by atoms with Crippen molar-refractivity contribution in [2.24, 2.45) is 23.2 Å². The van der Waals surface area contributed by atoms with Crippen LogP contribution in [0.15, 0.2) is 60.7 Å². The number of carbonyl (C=O) groups excluding carboxylic acids is 1. The van der Waals surface area contributed by atoms with Gasteiger partial charge in [-0.05, 0) is 104 Å². The number of carbonyl (C=O) groups is 1. The number of phenolic OH excluding ortho intramolecular Hbond substituents is 1. The lowest BCUT2D eigenvalue weighted by Gasteiger charge is -2.57. The first-order chi connectivity index (χ1) is 20.9. The van der Waals surface area contributed by atoms with E-state index in [1.54, 1.807) is 12.1 Å². The minimum Gasteiger partial charge on any atom is -0.508 e. The van der Waals surface area contributed by atoms with Crippen LogP contribution >= 0.6 is 0 Å². The quantitative estimate of drug-likeness (QED) is 0.408. The first-order valence-electron chi connectivity index (χ1n) is 15.9. The van der Waals surface area contributed by atoms with Gasteiger partial charge in [-0.3, -0.25) is 9.69 Å². The average Bonchev–Trinajstić information content (AvgIpc) is 3.00. The summed E-state index contributed by atoms with van der Waals surface area (Å²) in [5, 5.41) is 18.6. The van der Waals surface area contributed by atoms with Crippen molar-refractivity contribution in [3.05, 3.63) is 83.0 Å². The highest BCUT2D eigenvalue weighted by Crippen LogP contribution is 2.60. The second kappa shape index (κ2) is 11.7. The van der Waals surface area contributed by atoms with E-state index < -0.39 is 0 Å². The highest BCUT2D eigenvalue weighted by Gasteiger charge is 2.51. The summed E-state index contributed by atoms with van der Waals surface area (Å²) in [6.07, 6.45) is 8.15. The first-order valence-corrected chi connectivity index (χ1v) is 15.9. The van der Waals surface area contributed by atoms with E-state index in [1.807, 2.05) is 42.3 Å². The van der Waals surface area contributed by atoms with Gasteiger partial charge in [0, 0.05) is 57.4 Å². The van der Waals surface area contributed by atoms with Crippen molar-refractivity contribution in [3.8, 4) is 17.6 Å². The molecule has 2 aromatic carbocycles. The third kappa shape index (κ3) is 6.12. The molecule has 7 nitrogen and oxygen atoms in total. The summed E-state index contributed by atoms with van der Waals surface area (Å²) in [4.78, 5) is 19.9. The summed E-state index contributed by atoms with van der Waals surface area (Å²) in [6, 6.07) is 19.1. The van der Waals surface area contributed by atoms with E-state index in [0.717, 1.165) is 74.0 Å². The standard InChI is InChI=1S/C36H41N5O2/c1-39(25-36-21-27-17-28(22-36)19-29(18-27)23-36)35(43)33-11-12-34(38-37-33)41-15-13-40(14-16-41)24-31-7-3-2-6-30(31)10-9-26-5-4-8-32(42)20-26/h2-8,11-12,20,27-29,42H,13-19,21-25H2,1H3. The van der Waals surface area contributed by atoms with Gasteiger partial charge in [-0.2, -0.15) is 0 Å². The Kier molecular flexibility index (Phi) is 7.56. The molecule has 0 radical (unpaired) electrons. The number of anilines is 1. The van der Waals surface area contributed by atoms with E-state index >= 15 is 0 Å². The lowest BCUT2D eigenvalue weighted by Crippen LogP contribution is -2.51. The fourth-order valence-corrected chi connectivity index (χ4v) is 8.74.